The maximum atomic E-state index is 13.5. The van der Waals surface area contributed by atoms with E-state index in [9.17, 15) is 12.8 Å². The van der Waals surface area contributed by atoms with Crippen LogP contribution in [0.4, 0.5) is 4.39 Å². The molecular formula is C16H17BrClFN2O2S. The highest BCUT2D eigenvalue weighted by Crippen LogP contribution is 2.29. The number of hydrogen-bond acceptors (Lipinski definition) is 3. The summed E-state index contributed by atoms with van der Waals surface area (Å²) in [5.74, 6) is -0.367. The van der Waals surface area contributed by atoms with Gasteiger partial charge in [0.2, 0.25) is 10.0 Å². The molecule has 4 nitrogen and oxygen atoms in total. The van der Waals surface area contributed by atoms with Crippen LogP contribution in [-0.4, -0.2) is 32.4 Å². The SMILES string of the molecule is Cl.O=S(=O)(c1ccc(Br)cc1)N1CCNCC1c1cccc(F)c1. The van der Waals surface area contributed by atoms with Gasteiger partial charge in [-0.05, 0) is 42.0 Å². The highest BCUT2D eigenvalue weighted by Gasteiger charge is 2.34. The molecule has 1 aliphatic rings. The van der Waals surface area contributed by atoms with Gasteiger partial charge in [-0.25, -0.2) is 12.8 Å². The number of hydrogen-bond donors (Lipinski definition) is 1. The maximum Gasteiger partial charge on any atom is 0.243 e. The third kappa shape index (κ3) is 3.97. The first-order chi connectivity index (χ1) is 11.0. The van der Waals surface area contributed by atoms with Gasteiger partial charge in [0.05, 0.1) is 10.9 Å². The van der Waals surface area contributed by atoms with Crippen LogP contribution >= 0.6 is 28.3 Å². The van der Waals surface area contributed by atoms with E-state index in [1.807, 2.05) is 0 Å². The van der Waals surface area contributed by atoms with Crippen LogP contribution in [0, 0.1) is 5.82 Å². The Morgan fingerprint density at radius 3 is 2.54 bits per heavy atom. The van der Waals surface area contributed by atoms with E-state index >= 15 is 0 Å². The van der Waals surface area contributed by atoms with E-state index in [1.165, 1.54) is 16.4 Å². The molecule has 0 aliphatic carbocycles. The zero-order valence-electron chi connectivity index (χ0n) is 12.7. The first-order valence-electron chi connectivity index (χ1n) is 7.22. The van der Waals surface area contributed by atoms with E-state index in [0.29, 0.717) is 25.2 Å². The third-order valence-corrected chi connectivity index (χ3v) is 6.30. The van der Waals surface area contributed by atoms with Crippen molar-refractivity contribution in [3.63, 3.8) is 0 Å². The molecule has 2 aromatic carbocycles. The summed E-state index contributed by atoms with van der Waals surface area (Å²) in [6, 6.07) is 12.2. The number of nitrogens with one attached hydrogen (secondary N) is 1. The monoisotopic (exact) mass is 434 g/mol. The van der Waals surface area contributed by atoms with Gasteiger partial charge < -0.3 is 5.32 Å². The van der Waals surface area contributed by atoms with Crippen molar-refractivity contribution in [1.82, 2.24) is 9.62 Å². The van der Waals surface area contributed by atoms with Crippen molar-refractivity contribution in [2.24, 2.45) is 0 Å². The summed E-state index contributed by atoms with van der Waals surface area (Å²) in [6.07, 6.45) is 0. The Hall–Kier alpha value is -0.990. The first-order valence-corrected chi connectivity index (χ1v) is 9.45. The normalized spacial score (nSPS) is 18.8. The van der Waals surface area contributed by atoms with Crippen molar-refractivity contribution < 1.29 is 12.8 Å². The van der Waals surface area contributed by atoms with Crippen LogP contribution in [0.3, 0.4) is 0 Å². The van der Waals surface area contributed by atoms with Gasteiger partial charge >= 0.3 is 0 Å². The molecule has 0 spiro atoms. The molecule has 1 saturated heterocycles. The number of piperazine rings is 1. The molecule has 0 amide bonds. The number of rotatable bonds is 3. The van der Waals surface area contributed by atoms with Crippen LogP contribution in [0.2, 0.25) is 0 Å². The van der Waals surface area contributed by atoms with Gasteiger partial charge in [0.1, 0.15) is 5.82 Å². The van der Waals surface area contributed by atoms with E-state index in [2.05, 4.69) is 21.2 Å². The van der Waals surface area contributed by atoms with Gasteiger partial charge in [0.25, 0.3) is 0 Å². The molecule has 3 rings (SSSR count). The van der Waals surface area contributed by atoms with E-state index in [-0.39, 0.29) is 23.1 Å². The molecule has 0 bridgehead atoms. The molecule has 1 atom stereocenters. The van der Waals surface area contributed by atoms with Crippen LogP contribution < -0.4 is 5.32 Å². The molecule has 0 saturated carbocycles. The van der Waals surface area contributed by atoms with Crippen LogP contribution in [0.15, 0.2) is 57.9 Å². The van der Waals surface area contributed by atoms with Crippen LogP contribution in [0.25, 0.3) is 0 Å². The summed E-state index contributed by atoms with van der Waals surface area (Å²) in [4.78, 5) is 0.240. The van der Waals surface area contributed by atoms with Crippen molar-refractivity contribution in [2.75, 3.05) is 19.6 Å². The molecule has 0 radical (unpaired) electrons. The maximum absolute atomic E-state index is 13.5. The van der Waals surface area contributed by atoms with Gasteiger partial charge in [-0.15, -0.1) is 12.4 Å². The molecule has 0 aromatic heterocycles. The average Bonchev–Trinajstić information content (AvgIpc) is 2.55. The summed E-state index contributed by atoms with van der Waals surface area (Å²) < 4.78 is 41.7. The number of sulfonamides is 1. The minimum Gasteiger partial charge on any atom is -0.313 e. The quantitative estimate of drug-likeness (QED) is 0.804. The predicted octanol–water partition coefficient (Wildman–Crippen LogP) is 3.35. The molecule has 130 valence electrons. The Labute approximate surface area is 155 Å². The van der Waals surface area contributed by atoms with Gasteiger partial charge in [0.15, 0.2) is 0 Å². The Bertz CT molecular complexity index is 802. The second kappa shape index (κ2) is 7.93. The van der Waals surface area contributed by atoms with E-state index in [0.717, 1.165) is 4.47 Å². The largest absolute Gasteiger partial charge is 0.313 e. The average molecular weight is 436 g/mol. The standard InChI is InChI=1S/C16H16BrFN2O2S.ClH/c17-13-4-6-15(7-5-13)23(21,22)20-9-8-19-11-16(20)12-2-1-3-14(18)10-12;/h1-7,10,16,19H,8-9,11H2;1H. The fourth-order valence-electron chi connectivity index (χ4n) is 2.71. The van der Waals surface area contributed by atoms with Gasteiger partial charge in [-0.1, -0.05) is 28.1 Å². The smallest absolute Gasteiger partial charge is 0.243 e. The van der Waals surface area contributed by atoms with Crippen molar-refractivity contribution >= 4 is 38.4 Å². The summed E-state index contributed by atoms with van der Waals surface area (Å²) in [6.45, 7) is 1.38. The fourth-order valence-corrected chi connectivity index (χ4v) is 4.59. The zero-order chi connectivity index (χ0) is 16.4. The molecule has 1 fully saturated rings. The van der Waals surface area contributed by atoms with Crippen molar-refractivity contribution in [3.05, 3.63) is 64.4 Å². The molecule has 1 unspecified atom stereocenters. The topological polar surface area (TPSA) is 49.4 Å². The summed E-state index contributed by atoms with van der Waals surface area (Å²) in [5.41, 5.74) is 0.651. The van der Waals surface area contributed by atoms with Crippen molar-refractivity contribution in [2.45, 2.75) is 10.9 Å². The van der Waals surface area contributed by atoms with Crippen LogP contribution in [-0.2, 0) is 10.0 Å². The van der Waals surface area contributed by atoms with Crippen LogP contribution in [0.5, 0.6) is 0 Å². The Kier molecular flexibility index (Phi) is 6.39. The highest BCUT2D eigenvalue weighted by atomic mass is 79.9. The van der Waals surface area contributed by atoms with Gasteiger partial charge in [-0.3, -0.25) is 0 Å². The second-order valence-corrected chi connectivity index (χ2v) is 8.15. The minimum atomic E-state index is -3.64. The summed E-state index contributed by atoms with van der Waals surface area (Å²) >= 11 is 3.30. The van der Waals surface area contributed by atoms with E-state index in [4.69, 9.17) is 0 Å². The van der Waals surface area contributed by atoms with E-state index in [1.54, 1.807) is 36.4 Å². The predicted molar refractivity (Wildman–Crippen MR) is 97.3 cm³/mol. The van der Waals surface area contributed by atoms with Gasteiger partial charge in [-0.2, -0.15) is 4.31 Å². The van der Waals surface area contributed by atoms with E-state index < -0.39 is 16.1 Å². The number of benzene rings is 2. The fraction of sp³-hybridized carbons (Fsp3) is 0.250. The van der Waals surface area contributed by atoms with Crippen LogP contribution in [0.1, 0.15) is 11.6 Å². The lowest BCUT2D eigenvalue weighted by atomic mass is 10.1. The Morgan fingerprint density at radius 1 is 1.17 bits per heavy atom. The Morgan fingerprint density at radius 2 is 1.88 bits per heavy atom. The van der Waals surface area contributed by atoms with Gasteiger partial charge in [0, 0.05) is 24.1 Å². The summed E-state index contributed by atoms with van der Waals surface area (Å²) in [7, 11) is -3.64. The van der Waals surface area contributed by atoms with Crippen molar-refractivity contribution in [3.8, 4) is 0 Å². The molecule has 8 heteroatoms. The highest BCUT2D eigenvalue weighted by molar-refractivity contribution is 9.10. The number of halogens is 3. The summed E-state index contributed by atoms with van der Waals surface area (Å²) in [5, 5.41) is 3.18. The first kappa shape index (κ1) is 19.3. The molecular weight excluding hydrogens is 419 g/mol. The minimum absolute atomic E-state index is 0. The molecule has 2 aromatic rings. The second-order valence-electron chi connectivity index (χ2n) is 5.34. The van der Waals surface area contributed by atoms with Crippen molar-refractivity contribution in [1.29, 1.82) is 0 Å². The Balaban J connectivity index is 0.00000208. The molecule has 24 heavy (non-hydrogen) atoms. The molecule has 1 aliphatic heterocycles. The lowest BCUT2D eigenvalue weighted by Crippen LogP contribution is -2.48. The zero-order valence-corrected chi connectivity index (χ0v) is 15.9. The number of nitrogens with zero attached hydrogens (tertiary/aromatic N) is 1. The lowest BCUT2D eigenvalue weighted by Gasteiger charge is -2.35. The third-order valence-electron chi connectivity index (χ3n) is 3.85. The molecule has 1 heterocycles. The molecule has 1 N–H and O–H groups in total. The lowest BCUT2D eigenvalue weighted by molar-refractivity contribution is 0.271.